The molecule has 3 rings (SSSR count). The molecule has 0 spiro atoms. The molecule has 0 atom stereocenters. The first kappa shape index (κ1) is 13.6. The van der Waals surface area contributed by atoms with Crippen molar-refractivity contribution in [1.82, 2.24) is 4.98 Å². The fourth-order valence-corrected chi connectivity index (χ4v) is 3.56. The van der Waals surface area contributed by atoms with Crippen LogP contribution in [-0.2, 0) is 0 Å². The molecule has 0 radical (unpaired) electrons. The van der Waals surface area contributed by atoms with Gasteiger partial charge in [-0.3, -0.25) is 0 Å². The maximum Gasteiger partial charge on any atom is 0.0901 e. The molecule has 3 heteroatoms. The molecular formula is C17H22N2S. The highest BCUT2D eigenvalue weighted by Gasteiger charge is 2.13. The van der Waals surface area contributed by atoms with E-state index in [0.717, 1.165) is 23.2 Å². The SMILES string of the molecule is Cc1nc(-c2cccc(NCC3CCCCC3)c2)cs1. The smallest absolute Gasteiger partial charge is 0.0901 e. The number of nitrogens with zero attached hydrogens (tertiary/aromatic N) is 1. The summed E-state index contributed by atoms with van der Waals surface area (Å²) in [6, 6.07) is 8.64. The van der Waals surface area contributed by atoms with Crippen LogP contribution in [0.15, 0.2) is 29.6 Å². The Bertz CT molecular complexity index is 556. The fourth-order valence-electron chi connectivity index (χ4n) is 2.94. The molecule has 1 heterocycles. The molecule has 1 aromatic carbocycles. The van der Waals surface area contributed by atoms with E-state index < -0.39 is 0 Å². The van der Waals surface area contributed by atoms with Gasteiger partial charge in [0.1, 0.15) is 0 Å². The summed E-state index contributed by atoms with van der Waals surface area (Å²) in [6.45, 7) is 3.17. The number of thiazole rings is 1. The van der Waals surface area contributed by atoms with Gasteiger partial charge in [-0.2, -0.15) is 0 Å². The van der Waals surface area contributed by atoms with E-state index in [-0.39, 0.29) is 0 Å². The molecule has 0 amide bonds. The van der Waals surface area contributed by atoms with Crippen LogP contribution in [0.3, 0.4) is 0 Å². The molecule has 2 nitrogen and oxygen atoms in total. The number of aryl methyl sites for hydroxylation is 1. The molecule has 1 N–H and O–H groups in total. The van der Waals surface area contributed by atoms with E-state index in [1.165, 1.54) is 43.4 Å². The summed E-state index contributed by atoms with van der Waals surface area (Å²) in [5, 5.41) is 6.87. The van der Waals surface area contributed by atoms with Crippen molar-refractivity contribution in [3.8, 4) is 11.3 Å². The summed E-state index contributed by atoms with van der Waals surface area (Å²) < 4.78 is 0. The van der Waals surface area contributed by atoms with E-state index in [4.69, 9.17) is 0 Å². The standard InChI is InChI=1S/C17H22N2S/c1-13-19-17(12-20-13)15-8-5-9-16(10-15)18-11-14-6-3-2-4-7-14/h5,8-10,12,14,18H,2-4,6-7,11H2,1H3. The molecule has 2 aromatic rings. The molecule has 106 valence electrons. The van der Waals surface area contributed by atoms with Crippen molar-refractivity contribution in [2.24, 2.45) is 5.92 Å². The van der Waals surface area contributed by atoms with Crippen LogP contribution in [0.4, 0.5) is 5.69 Å². The predicted octanol–water partition coefficient (Wildman–Crippen LogP) is 5.11. The van der Waals surface area contributed by atoms with Crippen LogP contribution in [-0.4, -0.2) is 11.5 Å². The van der Waals surface area contributed by atoms with Gasteiger partial charge in [0.25, 0.3) is 0 Å². The van der Waals surface area contributed by atoms with Gasteiger partial charge in [-0.1, -0.05) is 31.4 Å². The maximum absolute atomic E-state index is 4.56. The number of nitrogens with one attached hydrogen (secondary N) is 1. The zero-order valence-corrected chi connectivity index (χ0v) is 12.9. The summed E-state index contributed by atoms with van der Waals surface area (Å²) >= 11 is 1.71. The van der Waals surface area contributed by atoms with Crippen LogP contribution < -0.4 is 5.32 Å². The Morgan fingerprint density at radius 2 is 2.10 bits per heavy atom. The van der Waals surface area contributed by atoms with Crippen molar-refractivity contribution >= 4 is 17.0 Å². The Kier molecular flexibility index (Phi) is 4.36. The van der Waals surface area contributed by atoms with Crippen molar-refractivity contribution in [2.75, 3.05) is 11.9 Å². The number of hydrogen-bond donors (Lipinski definition) is 1. The minimum Gasteiger partial charge on any atom is -0.385 e. The molecule has 1 fully saturated rings. The second kappa shape index (κ2) is 6.40. The summed E-state index contributed by atoms with van der Waals surface area (Å²) in [4.78, 5) is 4.56. The van der Waals surface area contributed by atoms with Gasteiger partial charge in [0.2, 0.25) is 0 Å². The molecule has 1 aromatic heterocycles. The van der Waals surface area contributed by atoms with Crippen LogP contribution >= 0.6 is 11.3 Å². The second-order valence-corrected chi connectivity index (χ2v) is 6.78. The highest BCUT2D eigenvalue weighted by molar-refractivity contribution is 7.09. The zero-order valence-electron chi connectivity index (χ0n) is 12.1. The summed E-state index contributed by atoms with van der Waals surface area (Å²) in [7, 11) is 0. The van der Waals surface area contributed by atoms with Gasteiger partial charge < -0.3 is 5.32 Å². The van der Waals surface area contributed by atoms with Crippen molar-refractivity contribution in [2.45, 2.75) is 39.0 Å². The first-order valence-corrected chi connectivity index (χ1v) is 8.46. The van der Waals surface area contributed by atoms with Crippen molar-refractivity contribution in [3.63, 3.8) is 0 Å². The molecule has 0 unspecified atom stereocenters. The number of hydrogen-bond acceptors (Lipinski definition) is 3. The molecule has 1 aliphatic rings. The topological polar surface area (TPSA) is 24.9 Å². The highest BCUT2D eigenvalue weighted by atomic mass is 32.1. The average molecular weight is 286 g/mol. The van der Waals surface area contributed by atoms with Gasteiger partial charge in [0.15, 0.2) is 0 Å². The van der Waals surface area contributed by atoms with Gasteiger partial charge in [0.05, 0.1) is 10.7 Å². The largest absolute Gasteiger partial charge is 0.385 e. The Balaban J connectivity index is 1.65. The summed E-state index contributed by atoms with van der Waals surface area (Å²) in [6.07, 6.45) is 7.01. The number of aromatic nitrogens is 1. The van der Waals surface area contributed by atoms with E-state index in [2.05, 4.69) is 46.9 Å². The van der Waals surface area contributed by atoms with E-state index in [1.54, 1.807) is 11.3 Å². The van der Waals surface area contributed by atoms with E-state index in [1.807, 2.05) is 0 Å². The van der Waals surface area contributed by atoms with E-state index in [0.29, 0.717) is 0 Å². The van der Waals surface area contributed by atoms with E-state index in [9.17, 15) is 0 Å². The van der Waals surface area contributed by atoms with Gasteiger partial charge in [-0.05, 0) is 37.8 Å². The minimum absolute atomic E-state index is 0.855. The number of rotatable bonds is 4. The first-order valence-electron chi connectivity index (χ1n) is 7.58. The lowest BCUT2D eigenvalue weighted by molar-refractivity contribution is 0.373. The lowest BCUT2D eigenvalue weighted by atomic mass is 9.89. The predicted molar refractivity (Wildman–Crippen MR) is 87.4 cm³/mol. The van der Waals surface area contributed by atoms with Crippen molar-refractivity contribution in [3.05, 3.63) is 34.7 Å². The summed E-state index contributed by atoms with van der Waals surface area (Å²) in [5.74, 6) is 0.855. The Hall–Kier alpha value is -1.35. The molecule has 1 aliphatic carbocycles. The van der Waals surface area contributed by atoms with Crippen LogP contribution in [0.1, 0.15) is 37.1 Å². The minimum atomic E-state index is 0.855. The maximum atomic E-state index is 4.56. The fraction of sp³-hybridized carbons (Fsp3) is 0.471. The third-order valence-corrected chi connectivity index (χ3v) is 4.87. The van der Waals surface area contributed by atoms with Crippen LogP contribution in [0, 0.1) is 12.8 Å². The monoisotopic (exact) mass is 286 g/mol. The molecule has 20 heavy (non-hydrogen) atoms. The van der Waals surface area contributed by atoms with Crippen LogP contribution in [0.5, 0.6) is 0 Å². The van der Waals surface area contributed by atoms with Gasteiger partial charge in [-0.15, -0.1) is 11.3 Å². The molecule has 1 saturated carbocycles. The normalized spacial score (nSPS) is 16.2. The summed E-state index contributed by atoms with van der Waals surface area (Å²) in [5.41, 5.74) is 3.52. The van der Waals surface area contributed by atoms with Gasteiger partial charge >= 0.3 is 0 Å². The molecule has 0 bridgehead atoms. The Labute approximate surface area is 125 Å². The number of benzene rings is 1. The quantitative estimate of drug-likeness (QED) is 0.844. The molecule has 0 aliphatic heterocycles. The number of anilines is 1. The molecule has 0 saturated heterocycles. The van der Waals surface area contributed by atoms with Crippen molar-refractivity contribution in [1.29, 1.82) is 0 Å². The van der Waals surface area contributed by atoms with Gasteiger partial charge in [-0.25, -0.2) is 4.98 Å². The average Bonchev–Trinajstić information content (AvgIpc) is 2.93. The van der Waals surface area contributed by atoms with E-state index >= 15 is 0 Å². The Morgan fingerprint density at radius 3 is 2.85 bits per heavy atom. The lowest BCUT2D eigenvalue weighted by Crippen LogP contribution is -2.17. The third kappa shape index (κ3) is 3.40. The zero-order chi connectivity index (χ0) is 13.8. The second-order valence-electron chi connectivity index (χ2n) is 5.72. The lowest BCUT2D eigenvalue weighted by Gasteiger charge is -2.22. The van der Waals surface area contributed by atoms with Gasteiger partial charge in [0, 0.05) is 23.2 Å². The third-order valence-electron chi connectivity index (χ3n) is 4.10. The van der Waals surface area contributed by atoms with Crippen molar-refractivity contribution < 1.29 is 0 Å². The molecular weight excluding hydrogens is 264 g/mol. The first-order chi connectivity index (χ1) is 9.81. The highest BCUT2D eigenvalue weighted by Crippen LogP contribution is 2.26. The van der Waals surface area contributed by atoms with Crippen LogP contribution in [0.2, 0.25) is 0 Å². The Morgan fingerprint density at radius 1 is 1.25 bits per heavy atom. The van der Waals surface area contributed by atoms with Crippen LogP contribution in [0.25, 0.3) is 11.3 Å².